The first kappa shape index (κ1) is 19.4. The fourth-order valence-corrected chi connectivity index (χ4v) is 2.41. The maximum absolute atomic E-state index is 12.3. The molecule has 1 aliphatic heterocycles. The minimum absolute atomic E-state index is 0. The van der Waals surface area contributed by atoms with Gasteiger partial charge in [0.05, 0.1) is 13.0 Å². The number of halogens is 1. The van der Waals surface area contributed by atoms with Crippen LogP contribution in [0.1, 0.15) is 5.56 Å². The van der Waals surface area contributed by atoms with E-state index in [4.69, 9.17) is 0 Å². The van der Waals surface area contributed by atoms with Crippen LogP contribution in [0.2, 0.25) is 0 Å². The second-order valence-corrected chi connectivity index (χ2v) is 5.64. The standard InChI is InChI=1S/C16H24N4O2.ClH/c1-17-12-15(21)18-14-5-3-13(4-6-14)11-16(22)20-9-7-19(2)8-10-20;/h3-6,17H,7-12H2,1-2H3,(H,18,21);1H. The van der Waals surface area contributed by atoms with Crippen LogP contribution in [0, 0.1) is 0 Å². The van der Waals surface area contributed by atoms with Crippen molar-refractivity contribution in [2.75, 3.05) is 52.1 Å². The number of carbonyl (C=O) groups excluding carboxylic acids is 2. The van der Waals surface area contributed by atoms with E-state index in [9.17, 15) is 9.59 Å². The molecule has 0 radical (unpaired) electrons. The van der Waals surface area contributed by atoms with Gasteiger partial charge in [0, 0.05) is 31.9 Å². The maximum Gasteiger partial charge on any atom is 0.238 e. The molecular formula is C16H25ClN4O2. The van der Waals surface area contributed by atoms with E-state index in [1.165, 1.54) is 0 Å². The molecule has 1 aromatic rings. The summed E-state index contributed by atoms with van der Waals surface area (Å²) in [5.41, 5.74) is 1.71. The van der Waals surface area contributed by atoms with Crippen LogP contribution >= 0.6 is 12.4 Å². The first-order valence-electron chi connectivity index (χ1n) is 7.58. The van der Waals surface area contributed by atoms with E-state index >= 15 is 0 Å². The SMILES string of the molecule is CNCC(=O)Nc1ccc(CC(=O)N2CCN(C)CC2)cc1.Cl. The molecule has 1 saturated heterocycles. The number of benzene rings is 1. The van der Waals surface area contributed by atoms with E-state index < -0.39 is 0 Å². The molecule has 0 spiro atoms. The van der Waals surface area contributed by atoms with Gasteiger partial charge in [-0.1, -0.05) is 12.1 Å². The molecule has 0 saturated carbocycles. The number of amides is 2. The maximum atomic E-state index is 12.3. The molecule has 6 nitrogen and oxygen atoms in total. The van der Waals surface area contributed by atoms with E-state index in [-0.39, 0.29) is 30.8 Å². The van der Waals surface area contributed by atoms with Gasteiger partial charge in [-0.15, -0.1) is 12.4 Å². The third kappa shape index (κ3) is 6.17. The summed E-state index contributed by atoms with van der Waals surface area (Å²) in [7, 11) is 3.80. The fraction of sp³-hybridized carbons (Fsp3) is 0.500. The van der Waals surface area contributed by atoms with Crippen molar-refractivity contribution in [3.8, 4) is 0 Å². The minimum atomic E-state index is -0.0798. The number of piperazine rings is 1. The molecule has 0 aliphatic carbocycles. The lowest BCUT2D eigenvalue weighted by molar-refractivity contribution is -0.132. The zero-order chi connectivity index (χ0) is 15.9. The fourth-order valence-electron chi connectivity index (χ4n) is 2.41. The summed E-state index contributed by atoms with van der Waals surface area (Å²) in [4.78, 5) is 27.9. The molecule has 2 rings (SSSR count). The molecule has 0 bridgehead atoms. The third-order valence-electron chi connectivity index (χ3n) is 3.79. The molecule has 0 unspecified atom stereocenters. The summed E-state index contributed by atoms with van der Waals surface area (Å²) in [6, 6.07) is 7.45. The van der Waals surface area contributed by atoms with Gasteiger partial charge in [-0.25, -0.2) is 0 Å². The summed E-state index contributed by atoms with van der Waals surface area (Å²) in [6.07, 6.45) is 0.411. The Morgan fingerprint density at radius 1 is 1.09 bits per heavy atom. The number of carbonyl (C=O) groups is 2. The largest absolute Gasteiger partial charge is 0.340 e. The van der Waals surface area contributed by atoms with E-state index in [2.05, 4.69) is 22.6 Å². The smallest absolute Gasteiger partial charge is 0.238 e. The highest BCUT2D eigenvalue weighted by atomic mass is 35.5. The van der Waals surface area contributed by atoms with Gasteiger partial charge in [0.15, 0.2) is 0 Å². The predicted octanol–water partition coefficient (Wildman–Crippen LogP) is 0.583. The van der Waals surface area contributed by atoms with Crippen LogP contribution in [0.4, 0.5) is 5.69 Å². The molecule has 1 heterocycles. The third-order valence-corrected chi connectivity index (χ3v) is 3.79. The monoisotopic (exact) mass is 340 g/mol. The van der Waals surface area contributed by atoms with E-state index in [1.54, 1.807) is 7.05 Å². The average Bonchev–Trinajstić information content (AvgIpc) is 2.50. The molecule has 0 aromatic heterocycles. The summed E-state index contributed by atoms with van der Waals surface area (Å²) < 4.78 is 0. The van der Waals surface area contributed by atoms with Crippen molar-refractivity contribution < 1.29 is 9.59 Å². The van der Waals surface area contributed by atoms with Gasteiger partial charge in [-0.3, -0.25) is 9.59 Å². The van der Waals surface area contributed by atoms with Gasteiger partial charge in [-0.05, 0) is 31.8 Å². The Balaban J connectivity index is 0.00000264. The Labute approximate surface area is 143 Å². The van der Waals surface area contributed by atoms with E-state index in [1.807, 2.05) is 29.2 Å². The molecule has 2 amide bonds. The van der Waals surface area contributed by atoms with Crippen molar-refractivity contribution in [1.29, 1.82) is 0 Å². The Hall–Kier alpha value is -1.63. The number of hydrogen-bond acceptors (Lipinski definition) is 4. The second kappa shape index (κ2) is 9.50. The predicted molar refractivity (Wildman–Crippen MR) is 94.0 cm³/mol. The highest BCUT2D eigenvalue weighted by Gasteiger charge is 2.18. The van der Waals surface area contributed by atoms with Gasteiger partial charge in [0.1, 0.15) is 0 Å². The highest BCUT2D eigenvalue weighted by Crippen LogP contribution is 2.11. The second-order valence-electron chi connectivity index (χ2n) is 5.64. The molecule has 7 heteroatoms. The van der Waals surface area contributed by atoms with Gasteiger partial charge in [0.25, 0.3) is 0 Å². The molecule has 2 N–H and O–H groups in total. The summed E-state index contributed by atoms with van der Waals surface area (Å²) >= 11 is 0. The van der Waals surface area contributed by atoms with Gasteiger partial charge < -0.3 is 20.4 Å². The number of rotatable bonds is 5. The van der Waals surface area contributed by atoms with Crippen molar-refractivity contribution in [3.63, 3.8) is 0 Å². The normalized spacial score (nSPS) is 15.0. The van der Waals surface area contributed by atoms with Crippen LogP contribution in [0.5, 0.6) is 0 Å². The van der Waals surface area contributed by atoms with Crippen molar-refractivity contribution in [2.24, 2.45) is 0 Å². The van der Waals surface area contributed by atoms with Crippen LogP contribution in [0.15, 0.2) is 24.3 Å². The van der Waals surface area contributed by atoms with Gasteiger partial charge in [-0.2, -0.15) is 0 Å². The lowest BCUT2D eigenvalue weighted by Gasteiger charge is -2.32. The van der Waals surface area contributed by atoms with Crippen molar-refractivity contribution in [2.45, 2.75) is 6.42 Å². The molecule has 128 valence electrons. The first-order valence-corrected chi connectivity index (χ1v) is 7.58. The summed E-state index contributed by atoms with van der Waals surface area (Å²) in [6.45, 7) is 3.75. The Morgan fingerprint density at radius 3 is 2.26 bits per heavy atom. The van der Waals surface area contributed by atoms with Crippen molar-refractivity contribution >= 4 is 29.9 Å². The highest BCUT2D eigenvalue weighted by molar-refractivity contribution is 5.92. The number of likely N-dealkylation sites (N-methyl/N-ethyl adjacent to an activating group) is 2. The van der Waals surface area contributed by atoms with Crippen molar-refractivity contribution in [1.82, 2.24) is 15.1 Å². The zero-order valence-electron chi connectivity index (χ0n) is 13.7. The number of hydrogen-bond donors (Lipinski definition) is 2. The lowest BCUT2D eigenvalue weighted by atomic mass is 10.1. The molecule has 1 fully saturated rings. The van der Waals surface area contributed by atoms with Crippen LogP contribution < -0.4 is 10.6 Å². The first-order chi connectivity index (χ1) is 10.6. The molecule has 0 atom stereocenters. The van der Waals surface area contributed by atoms with Crippen LogP contribution in [-0.2, 0) is 16.0 Å². The summed E-state index contributed by atoms with van der Waals surface area (Å²) in [5.74, 6) is 0.0869. The van der Waals surface area contributed by atoms with Gasteiger partial charge in [0.2, 0.25) is 11.8 Å². The number of nitrogens with zero attached hydrogens (tertiary/aromatic N) is 2. The quantitative estimate of drug-likeness (QED) is 0.823. The molecule has 1 aromatic carbocycles. The Bertz CT molecular complexity index is 513. The average molecular weight is 341 g/mol. The topological polar surface area (TPSA) is 64.7 Å². The molecule has 1 aliphatic rings. The Morgan fingerprint density at radius 2 is 1.70 bits per heavy atom. The van der Waals surface area contributed by atoms with Crippen LogP contribution in [-0.4, -0.2) is 68.4 Å². The summed E-state index contributed by atoms with van der Waals surface area (Å²) in [5, 5.41) is 5.59. The van der Waals surface area contributed by atoms with Crippen molar-refractivity contribution in [3.05, 3.63) is 29.8 Å². The van der Waals surface area contributed by atoms with Crippen LogP contribution in [0.25, 0.3) is 0 Å². The number of nitrogens with one attached hydrogen (secondary N) is 2. The molecule has 23 heavy (non-hydrogen) atoms. The Kier molecular flexibility index (Phi) is 8.02. The number of anilines is 1. The zero-order valence-corrected chi connectivity index (χ0v) is 14.5. The minimum Gasteiger partial charge on any atom is -0.340 e. The molecular weight excluding hydrogens is 316 g/mol. The van der Waals surface area contributed by atoms with Crippen LogP contribution in [0.3, 0.4) is 0 Å². The van der Waals surface area contributed by atoms with E-state index in [0.717, 1.165) is 37.4 Å². The lowest BCUT2D eigenvalue weighted by Crippen LogP contribution is -2.47. The van der Waals surface area contributed by atoms with E-state index in [0.29, 0.717) is 6.42 Å². The van der Waals surface area contributed by atoms with Gasteiger partial charge >= 0.3 is 0 Å².